The van der Waals surface area contributed by atoms with Crippen molar-refractivity contribution >= 4 is 23.9 Å². The number of ether oxygens (including phenoxy) is 4. The number of primary amides is 1. The van der Waals surface area contributed by atoms with Crippen LogP contribution in [-0.4, -0.2) is 140 Å². The summed E-state index contributed by atoms with van der Waals surface area (Å²) < 4.78 is 22.7. The number of hydrogen-bond donors (Lipinski definition) is 8. The summed E-state index contributed by atoms with van der Waals surface area (Å²) in [5.41, 5.74) is 8.90. The molecule has 2 aromatic rings. The third-order valence-corrected chi connectivity index (χ3v) is 9.16. The van der Waals surface area contributed by atoms with Crippen LogP contribution in [0.3, 0.4) is 0 Å². The Labute approximate surface area is 286 Å². The van der Waals surface area contributed by atoms with E-state index in [1.54, 1.807) is 0 Å². The van der Waals surface area contributed by atoms with Gasteiger partial charge in [0.25, 0.3) is 0 Å². The van der Waals surface area contributed by atoms with Gasteiger partial charge in [0, 0.05) is 12.8 Å². The maximum atomic E-state index is 14.0. The Balaban J connectivity index is 1.45. The van der Waals surface area contributed by atoms with Crippen LogP contribution in [0.1, 0.15) is 37.3 Å². The highest BCUT2D eigenvalue weighted by Gasteiger charge is 2.52. The molecule has 272 valence electrons. The fourth-order valence-corrected chi connectivity index (χ4v) is 6.63. The summed E-state index contributed by atoms with van der Waals surface area (Å²) in [6.45, 7) is 1.52. The van der Waals surface area contributed by atoms with E-state index in [0.717, 1.165) is 29.2 Å². The number of aliphatic carboxylic acids is 1. The summed E-state index contributed by atoms with van der Waals surface area (Å²) in [5.74, 6) is -4.02. The summed E-state index contributed by atoms with van der Waals surface area (Å²) >= 11 is 0. The average Bonchev–Trinajstić information content (AvgIpc) is 3.40. The molecule has 0 unspecified atom stereocenters. The van der Waals surface area contributed by atoms with Crippen molar-refractivity contribution in [2.45, 2.75) is 93.5 Å². The monoisotopic (exact) mass is 703 g/mol. The molecular weight excluding hydrogens is 662 g/mol. The second-order valence-corrected chi connectivity index (χ2v) is 12.5. The molecule has 17 nitrogen and oxygen atoms in total. The Hall–Kier alpha value is -4.20. The van der Waals surface area contributed by atoms with Crippen molar-refractivity contribution < 1.29 is 68.8 Å². The summed E-state index contributed by atoms with van der Waals surface area (Å²) in [7, 11) is 0. The van der Waals surface area contributed by atoms with Crippen LogP contribution in [0.5, 0.6) is 0 Å². The van der Waals surface area contributed by atoms with Gasteiger partial charge in [-0.25, -0.2) is 9.59 Å². The number of benzene rings is 2. The van der Waals surface area contributed by atoms with Crippen molar-refractivity contribution in [2.75, 3.05) is 13.2 Å². The Kier molecular flexibility index (Phi) is 11.4. The molecule has 0 saturated carbocycles. The molecule has 1 aliphatic carbocycles. The molecule has 0 aromatic heterocycles. The third-order valence-electron chi connectivity index (χ3n) is 9.16. The molecule has 2 aromatic carbocycles. The van der Waals surface area contributed by atoms with Crippen LogP contribution < -0.4 is 11.1 Å². The predicted molar refractivity (Wildman–Crippen MR) is 169 cm³/mol. The second-order valence-electron chi connectivity index (χ2n) is 12.5. The first-order valence-corrected chi connectivity index (χ1v) is 16.0. The first kappa shape index (κ1) is 37.1. The number of nitrogens with one attached hydrogen (secondary N) is 1. The zero-order valence-electron chi connectivity index (χ0n) is 27.1. The molecule has 2 heterocycles. The number of carboxylic acid groups (broad SMARTS) is 1. The number of amides is 3. The van der Waals surface area contributed by atoms with E-state index in [-0.39, 0.29) is 6.61 Å². The van der Waals surface area contributed by atoms with Crippen LogP contribution in [0.25, 0.3) is 11.1 Å². The van der Waals surface area contributed by atoms with Crippen molar-refractivity contribution in [1.29, 1.82) is 0 Å². The van der Waals surface area contributed by atoms with Gasteiger partial charge >= 0.3 is 12.1 Å². The summed E-state index contributed by atoms with van der Waals surface area (Å²) in [5, 5.41) is 65.3. The highest BCUT2D eigenvalue weighted by molar-refractivity contribution is 5.87. The summed E-state index contributed by atoms with van der Waals surface area (Å²) in [4.78, 5) is 51.5. The number of nitrogens with zero attached hydrogens (tertiary/aromatic N) is 1. The molecule has 9 N–H and O–H groups in total. The topological polar surface area (TPSA) is 268 Å². The minimum atomic E-state index is -2.03. The Morgan fingerprint density at radius 2 is 1.46 bits per heavy atom. The van der Waals surface area contributed by atoms with Gasteiger partial charge in [-0.05, 0) is 29.2 Å². The predicted octanol–water partition coefficient (Wildman–Crippen LogP) is -1.64. The van der Waals surface area contributed by atoms with E-state index >= 15 is 0 Å². The van der Waals surface area contributed by atoms with Gasteiger partial charge in [0.15, 0.2) is 12.5 Å². The van der Waals surface area contributed by atoms with Gasteiger partial charge in [0.05, 0.1) is 19.1 Å². The number of rotatable bonds is 11. The number of aliphatic hydroxyl groups excluding tert-OH is 5. The number of hydrogen-bond acceptors (Lipinski definition) is 13. The fraction of sp³-hybridized carbons (Fsp3) is 0.515. The molecule has 0 spiro atoms. The minimum absolute atomic E-state index is 0.287. The molecule has 0 radical (unpaired) electrons. The first-order valence-electron chi connectivity index (χ1n) is 16.0. The molecule has 50 heavy (non-hydrogen) atoms. The Morgan fingerprint density at radius 3 is 2.02 bits per heavy atom. The van der Waals surface area contributed by atoms with E-state index in [2.05, 4.69) is 5.32 Å². The fourth-order valence-electron chi connectivity index (χ4n) is 6.63. The molecule has 5 rings (SSSR count). The maximum Gasteiger partial charge on any atom is 0.412 e. The van der Waals surface area contributed by atoms with Crippen LogP contribution in [0, 0.1) is 0 Å². The van der Waals surface area contributed by atoms with Crippen LogP contribution in [-0.2, 0) is 33.3 Å². The standard InChI is InChI=1S/C33H41N3O14/c1-14-25(39)28(42)29(43)32(49-14)47-13-22-26(40)27(41)24(35-15(2)37)30(50-22)36(21(31(44)45)11-23(34)38)33(46)48-12-20-18-9-5-3-7-16(18)17-8-4-6-10-19(17)20/h3-10,14,20-22,24-30,32,39-43H,11-13H2,1-2H3,(H2,34,38)(H,35,37)(H,44,45)/t14-,21-,22+,24+,25+,26+,27+,28+,29-,30+,32+/m0/s1. The Morgan fingerprint density at radius 1 is 0.860 bits per heavy atom. The van der Waals surface area contributed by atoms with Crippen molar-refractivity contribution in [2.24, 2.45) is 5.73 Å². The van der Waals surface area contributed by atoms with Crippen molar-refractivity contribution in [3.8, 4) is 11.1 Å². The van der Waals surface area contributed by atoms with Crippen LogP contribution in [0.15, 0.2) is 48.5 Å². The molecule has 17 heteroatoms. The normalized spacial score (nSPS) is 31.2. The van der Waals surface area contributed by atoms with Crippen molar-refractivity contribution in [1.82, 2.24) is 10.2 Å². The van der Waals surface area contributed by atoms with E-state index < -0.39 is 110 Å². The number of carbonyl (C=O) groups is 4. The SMILES string of the molecule is CC(=O)N[C@@H]1[C@@H](O)[C@H](O)[C@@H](CO[C@@H]2O[C@@H](C)[C@@H](O)[C@@H](O)[C@@H]2O)O[C@H]1N(C(=O)OCC1c2ccccc2-c2ccccc21)[C@@H](CC(N)=O)C(=O)O. The number of nitrogens with two attached hydrogens (primary N) is 1. The number of aliphatic hydroxyl groups is 5. The highest BCUT2D eigenvalue weighted by atomic mass is 16.7. The van der Waals surface area contributed by atoms with Gasteiger partial charge in [-0.15, -0.1) is 0 Å². The lowest BCUT2D eigenvalue weighted by Gasteiger charge is -2.48. The van der Waals surface area contributed by atoms with Crippen LogP contribution in [0.4, 0.5) is 4.79 Å². The van der Waals surface area contributed by atoms with Crippen molar-refractivity contribution in [3.05, 3.63) is 59.7 Å². The van der Waals surface area contributed by atoms with Gasteiger partial charge in [-0.3, -0.25) is 14.5 Å². The average molecular weight is 704 g/mol. The lowest BCUT2D eigenvalue weighted by molar-refractivity contribution is -0.308. The van der Waals surface area contributed by atoms with Gasteiger partial charge in [-0.1, -0.05) is 48.5 Å². The van der Waals surface area contributed by atoms with Gasteiger partial charge in [-0.2, -0.15) is 0 Å². The smallest absolute Gasteiger partial charge is 0.412 e. The highest BCUT2D eigenvalue weighted by Crippen LogP contribution is 2.44. The zero-order valence-corrected chi connectivity index (χ0v) is 27.1. The third kappa shape index (κ3) is 7.45. The van der Waals surface area contributed by atoms with Gasteiger partial charge in [0.1, 0.15) is 55.3 Å². The maximum absolute atomic E-state index is 14.0. The first-order chi connectivity index (χ1) is 23.7. The van der Waals surface area contributed by atoms with E-state index in [4.69, 9.17) is 24.7 Å². The van der Waals surface area contributed by atoms with Crippen LogP contribution in [0.2, 0.25) is 0 Å². The quantitative estimate of drug-likeness (QED) is 0.131. The molecular formula is C33H41N3O14. The van der Waals surface area contributed by atoms with E-state index in [1.807, 2.05) is 48.5 Å². The summed E-state index contributed by atoms with van der Waals surface area (Å²) in [6, 6.07) is 11.2. The number of carbonyl (C=O) groups excluding carboxylic acids is 3. The molecule has 2 fully saturated rings. The lowest BCUT2D eigenvalue weighted by atomic mass is 9.94. The summed E-state index contributed by atoms with van der Waals surface area (Å²) in [6.07, 6.45) is -16.8. The number of carboxylic acids is 1. The van der Waals surface area contributed by atoms with E-state index in [0.29, 0.717) is 4.90 Å². The van der Waals surface area contributed by atoms with E-state index in [9.17, 15) is 49.8 Å². The zero-order chi connectivity index (χ0) is 36.4. The second kappa shape index (κ2) is 15.4. The molecule has 11 atom stereocenters. The molecule has 2 saturated heterocycles. The minimum Gasteiger partial charge on any atom is -0.480 e. The molecule has 2 aliphatic heterocycles. The van der Waals surface area contributed by atoms with Crippen molar-refractivity contribution in [3.63, 3.8) is 0 Å². The van der Waals surface area contributed by atoms with Gasteiger partial charge in [0.2, 0.25) is 11.8 Å². The lowest BCUT2D eigenvalue weighted by Crippen LogP contribution is -2.71. The largest absolute Gasteiger partial charge is 0.480 e. The van der Waals surface area contributed by atoms with E-state index in [1.165, 1.54) is 6.92 Å². The molecule has 3 amide bonds. The molecule has 0 bridgehead atoms. The number of fused-ring (bicyclic) bond motifs is 3. The Bertz CT molecular complexity index is 1530. The molecule has 3 aliphatic rings. The van der Waals surface area contributed by atoms with Gasteiger partial charge < -0.3 is 60.6 Å². The van der Waals surface area contributed by atoms with Crippen LogP contribution >= 0.6 is 0 Å².